The zero-order valence-corrected chi connectivity index (χ0v) is 44.9. The Morgan fingerprint density at radius 3 is 1.78 bits per heavy atom. The Labute approximate surface area is 440 Å². The molecule has 2 aromatic heterocycles. The van der Waals surface area contributed by atoms with E-state index < -0.39 is 0 Å². The van der Waals surface area contributed by atoms with Crippen LogP contribution in [-0.2, 0) is 21.7 Å². The van der Waals surface area contributed by atoms with Crippen LogP contribution in [0.1, 0.15) is 103 Å². The Morgan fingerprint density at radius 2 is 1.09 bits per heavy atom. The van der Waals surface area contributed by atoms with E-state index in [1.165, 1.54) is 148 Å². The third-order valence-electron chi connectivity index (χ3n) is 17.8. The van der Waals surface area contributed by atoms with Crippen LogP contribution in [0.3, 0.4) is 0 Å². The number of rotatable bonds is 3. The van der Waals surface area contributed by atoms with Gasteiger partial charge < -0.3 is 9.38 Å². The van der Waals surface area contributed by atoms with Gasteiger partial charge in [-0.1, -0.05) is 197 Å². The summed E-state index contributed by atoms with van der Waals surface area (Å²) in [5.74, 6) is 0. The van der Waals surface area contributed by atoms with E-state index in [9.17, 15) is 0 Å². The standard InChI is InChI=1S/C70H59BN2S/c1-67(2,3)42-29-32-44(33-30-42)73-56-38-53-47(45-25-17-19-27-51(45)69(53,7)8)36-49(56)61-60-46-26-18-20-28-52(46)70(9,10)63(60)62-48-35-43(68(4,5)6)31-34-55(48)72-57-37-50-58(39-54(57)71(73)64(61)65(62)72)74-66(41-23-15-12-16-24-41)59(50)40-21-13-11-14-22-40/h11-39H,1-10H3. The van der Waals surface area contributed by atoms with Crippen LogP contribution in [0.25, 0.3) is 92.5 Å². The summed E-state index contributed by atoms with van der Waals surface area (Å²) in [6, 6.07) is 68.3. The number of aromatic nitrogens is 1. The Bertz CT molecular complexity index is 4250. The van der Waals surface area contributed by atoms with Crippen molar-refractivity contribution >= 4 is 72.4 Å². The fourth-order valence-electron chi connectivity index (χ4n) is 14.2. The highest BCUT2D eigenvalue weighted by Crippen LogP contribution is 2.61. The number of benzene rings is 9. The largest absolute Gasteiger partial charge is 0.376 e. The van der Waals surface area contributed by atoms with Gasteiger partial charge in [0.15, 0.2) is 0 Å². The molecule has 0 saturated carbocycles. The fraction of sp³-hybridized carbons (Fsp3) is 0.200. The second kappa shape index (κ2) is 14.7. The van der Waals surface area contributed by atoms with E-state index in [-0.39, 0.29) is 28.5 Å². The van der Waals surface area contributed by atoms with Crippen molar-refractivity contribution in [1.82, 2.24) is 4.57 Å². The molecule has 4 heterocycles. The number of anilines is 2. The molecular formula is C70H59BN2S. The van der Waals surface area contributed by atoms with Gasteiger partial charge in [0, 0.05) is 64.8 Å². The first-order valence-corrected chi connectivity index (χ1v) is 27.5. The third-order valence-corrected chi connectivity index (χ3v) is 19.0. The lowest BCUT2D eigenvalue weighted by Gasteiger charge is -2.44. The predicted octanol–water partition coefficient (Wildman–Crippen LogP) is 17.8. The lowest BCUT2D eigenvalue weighted by atomic mass is 9.43. The van der Waals surface area contributed by atoms with E-state index in [4.69, 9.17) is 0 Å². The second-order valence-electron chi connectivity index (χ2n) is 24.9. The van der Waals surface area contributed by atoms with E-state index in [2.05, 4.69) is 255 Å². The molecule has 4 heteroatoms. The third kappa shape index (κ3) is 5.73. The summed E-state index contributed by atoms with van der Waals surface area (Å²) in [4.78, 5) is 4.08. The van der Waals surface area contributed by atoms with Crippen LogP contribution in [-0.4, -0.2) is 11.4 Å². The summed E-state index contributed by atoms with van der Waals surface area (Å²) >= 11 is 1.94. The van der Waals surface area contributed by atoms with Gasteiger partial charge in [0.25, 0.3) is 0 Å². The average molecular weight is 971 g/mol. The molecule has 0 bridgehead atoms. The first kappa shape index (κ1) is 44.1. The second-order valence-corrected chi connectivity index (χ2v) is 25.9. The van der Waals surface area contributed by atoms with Crippen LogP contribution in [0.4, 0.5) is 11.4 Å². The summed E-state index contributed by atoms with van der Waals surface area (Å²) < 4.78 is 4.04. The summed E-state index contributed by atoms with van der Waals surface area (Å²) in [6.45, 7) is 23.8. The maximum absolute atomic E-state index is 2.78. The summed E-state index contributed by atoms with van der Waals surface area (Å²) in [7, 11) is 0. The van der Waals surface area contributed by atoms with Gasteiger partial charge in [-0.2, -0.15) is 0 Å². The van der Waals surface area contributed by atoms with Crippen molar-refractivity contribution in [2.75, 3.05) is 4.81 Å². The first-order valence-electron chi connectivity index (χ1n) is 26.7. The zero-order chi connectivity index (χ0) is 50.5. The molecule has 4 aliphatic rings. The Kier molecular flexibility index (Phi) is 8.75. The molecular weight excluding hydrogens is 912 g/mol. The average Bonchev–Trinajstić information content (AvgIpc) is 4.15. The maximum Gasteiger partial charge on any atom is 0.333 e. The number of fused-ring (bicyclic) bond motifs is 17. The van der Waals surface area contributed by atoms with Gasteiger partial charge in [0.2, 0.25) is 0 Å². The van der Waals surface area contributed by atoms with Gasteiger partial charge in [0.1, 0.15) is 0 Å². The quantitative estimate of drug-likeness (QED) is 0.160. The van der Waals surface area contributed by atoms with E-state index in [0.29, 0.717) is 0 Å². The van der Waals surface area contributed by atoms with Gasteiger partial charge >= 0.3 is 6.85 Å². The minimum absolute atomic E-state index is 0.0104. The number of hydrogen-bond acceptors (Lipinski definition) is 2. The van der Waals surface area contributed by atoms with Gasteiger partial charge in [-0.3, -0.25) is 0 Å². The number of nitrogens with zero attached hydrogens (tertiary/aromatic N) is 2. The van der Waals surface area contributed by atoms with Crippen LogP contribution < -0.4 is 15.7 Å². The van der Waals surface area contributed by atoms with E-state index >= 15 is 0 Å². The van der Waals surface area contributed by atoms with E-state index in [0.717, 1.165) is 0 Å². The van der Waals surface area contributed by atoms with Crippen LogP contribution >= 0.6 is 11.3 Å². The number of thiophene rings is 1. The van der Waals surface area contributed by atoms with Crippen molar-refractivity contribution in [3.05, 3.63) is 209 Å². The van der Waals surface area contributed by atoms with Crippen molar-refractivity contribution in [2.45, 2.75) is 90.9 Å². The van der Waals surface area contributed by atoms with Crippen LogP contribution in [0.5, 0.6) is 0 Å². The normalized spacial score (nSPS) is 15.3. The SMILES string of the molecule is CC(C)(C)c1ccc(N2B3c4cc5sc(-c6ccccc6)c(-c6ccccc6)c5cc4-n4c5ccc(C(C)(C)C)cc5c5c6c(c(c3c54)-c3cc4c(cc32)C(C)(C)c2ccccc2-4)-c2ccccc2C6(C)C)cc1. The zero-order valence-electron chi connectivity index (χ0n) is 44.1. The molecule has 0 radical (unpaired) electrons. The molecule has 0 amide bonds. The molecule has 2 aliphatic heterocycles. The molecule has 74 heavy (non-hydrogen) atoms. The minimum Gasteiger partial charge on any atom is -0.376 e. The molecule has 0 atom stereocenters. The van der Waals surface area contributed by atoms with Crippen molar-refractivity contribution in [1.29, 1.82) is 0 Å². The molecule has 15 rings (SSSR count). The van der Waals surface area contributed by atoms with Gasteiger partial charge in [0.05, 0.1) is 11.0 Å². The van der Waals surface area contributed by atoms with Crippen LogP contribution in [0, 0.1) is 0 Å². The molecule has 0 spiro atoms. The van der Waals surface area contributed by atoms with E-state index in [1.807, 2.05) is 11.3 Å². The lowest BCUT2D eigenvalue weighted by Crippen LogP contribution is -2.60. The monoisotopic (exact) mass is 970 g/mol. The highest BCUT2D eigenvalue weighted by Gasteiger charge is 2.51. The molecule has 0 N–H and O–H groups in total. The highest BCUT2D eigenvalue weighted by molar-refractivity contribution is 7.23. The first-order chi connectivity index (χ1) is 35.5. The predicted molar refractivity (Wildman–Crippen MR) is 319 cm³/mol. The lowest BCUT2D eigenvalue weighted by molar-refractivity contribution is 0.590. The van der Waals surface area contributed by atoms with Gasteiger partial charge in [-0.25, -0.2) is 0 Å². The Morgan fingerprint density at radius 1 is 0.473 bits per heavy atom. The van der Waals surface area contributed by atoms with Crippen molar-refractivity contribution < 1.29 is 0 Å². The van der Waals surface area contributed by atoms with Crippen molar-refractivity contribution in [2.24, 2.45) is 0 Å². The van der Waals surface area contributed by atoms with Crippen molar-refractivity contribution in [3.63, 3.8) is 0 Å². The van der Waals surface area contributed by atoms with Gasteiger partial charge in [-0.05, 0) is 143 Å². The smallest absolute Gasteiger partial charge is 0.333 e. The molecule has 0 fully saturated rings. The molecule has 358 valence electrons. The van der Waals surface area contributed by atoms with Crippen LogP contribution in [0.15, 0.2) is 176 Å². The molecule has 11 aromatic rings. The molecule has 9 aromatic carbocycles. The topological polar surface area (TPSA) is 8.17 Å². The van der Waals surface area contributed by atoms with Gasteiger partial charge in [-0.15, -0.1) is 11.3 Å². The molecule has 2 aliphatic carbocycles. The maximum atomic E-state index is 2.78. The fourth-order valence-corrected chi connectivity index (χ4v) is 15.5. The summed E-state index contributed by atoms with van der Waals surface area (Å²) in [5, 5.41) is 4.04. The highest BCUT2D eigenvalue weighted by atomic mass is 32.1. The summed E-state index contributed by atoms with van der Waals surface area (Å²) in [6.07, 6.45) is 0. The Balaban J connectivity index is 1.17. The van der Waals surface area contributed by atoms with Crippen molar-refractivity contribution in [3.8, 4) is 60.6 Å². The van der Waals surface area contributed by atoms with Crippen LogP contribution in [0.2, 0.25) is 0 Å². The summed E-state index contributed by atoms with van der Waals surface area (Å²) in [5.41, 5.74) is 29.0. The number of hydrogen-bond donors (Lipinski definition) is 0. The molecule has 0 unspecified atom stereocenters. The Hall–Kier alpha value is -7.40. The minimum atomic E-state index is -0.276. The van der Waals surface area contributed by atoms with E-state index in [1.54, 1.807) is 0 Å². The molecule has 2 nitrogen and oxygen atoms in total. The molecule has 0 saturated heterocycles.